The maximum Gasteiger partial charge on any atom is 0.259 e. The molecule has 11 heteroatoms. The molecule has 2 heterocycles. The first kappa shape index (κ1) is 21.5. The molecule has 0 aliphatic carbocycles. The number of aryl methyl sites for hydroxylation is 1. The van der Waals surface area contributed by atoms with Crippen LogP contribution in [0.5, 0.6) is 0 Å². The van der Waals surface area contributed by atoms with E-state index in [1.807, 2.05) is 0 Å². The van der Waals surface area contributed by atoms with E-state index in [1.54, 1.807) is 32.9 Å². The number of benzene rings is 1. The highest BCUT2D eigenvalue weighted by atomic mass is 32.2. The highest BCUT2D eigenvalue weighted by Crippen LogP contribution is 2.21. The topological polar surface area (TPSA) is 110 Å². The molecule has 1 amide bonds. The van der Waals surface area contributed by atoms with Crippen molar-refractivity contribution in [2.75, 3.05) is 18.4 Å². The number of sulfonamides is 1. The summed E-state index contributed by atoms with van der Waals surface area (Å²) in [7, 11) is -3.84. The molecule has 30 heavy (non-hydrogen) atoms. The van der Waals surface area contributed by atoms with Crippen LogP contribution in [0.2, 0.25) is 0 Å². The summed E-state index contributed by atoms with van der Waals surface area (Å²) in [5, 5.41) is 14.6. The van der Waals surface area contributed by atoms with E-state index < -0.39 is 27.3 Å². The van der Waals surface area contributed by atoms with Crippen molar-refractivity contribution in [3.05, 3.63) is 59.7 Å². The number of halogens is 1. The molecule has 0 aliphatic heterocycles. The Morgan fingerprint density at radius 3 is 2.50 bits per heavy atom. The number of carbonyl (C=O) groups excluding carboxylic acids is 1. The summed E-state index contributed by atoms with van der Waals surface area (Å²) in [4.78, 5) is 12.6. The molecular weight excluding hydrogens is 411 g/mol. The average molecular weight is 432 g/mol. The number of anilines is 1. The molecule has 0 spiro atoms. The van der Waals surface area contributed by atoms with Crippen LogP contribution in [0.3, 0.4) is 0 Å². The minimum atomic E-state index is -3.84. The summed E-state index contributed by atoms with van der Waals surface area (Å²) < 4.78 is 42.3. The zero-order chi connectivity index (χ0) is 21.9. The Morgan fingerprint density at radius 2 is 1.87 bits per heavy atom. The lowest BCUT2D eigenvalue weighted by Gasteiger charge is -2.19. The Morgan fingerprint density at radius 1 is 1.13 bits per heavy atom. The van der Waals surface area contributed by atoms with Gasteiger partial charge in [0.2, 0.25) is 10.0 Å². The first-order valence-electron chi connectivity index (χ1n) is 9.23. The second-order valence-corrected chi connectivity index (χ2v) is 8.28. The van der Waals surface area contributed by atoms with E-state index in [-0.39, 0.29) is 23.8 Å². The number of carbonyl (C=O) groups is 1. The lowest BCUT2D eigenvalue weighted by molar-refractivity contribution is 0.102. The molecule has 0 fully saturated rings. The summed E-state index contributed by atoms with van der Waals surface area (Å²) in [5.41, 5.74) is 0.316. The van der Waals surface area contributed by atoms with Crippen LogP contribution in [0, 0.1) is 12.7 Å². The molecule has 1 aromatic carbocycles. The minimum absolute atomic E-state index is 0.157. The summed E-state index contributed by atoms with van der Waals surface area (Å²) in [5.74, 6) is -1.06. The van der Waals surface area contributed by atoms with E-state index in [2.05, 4.69) is 20.6 Å². The van der Waals surface area contributed by atoms with E-state index in [4.69, 9.17) is 0 Å². The Balaban J connectivity index is 1.92. The smallest absolute Gasteiger partial charge is 0.259 e. The van der Waals surface area contributed by atoms with Gasteiger partial charge in [-0.2, -0.15) is 19.2 Å². The predicted octanol–water partition coefficient (Wildman–Crippen LogP) is 2.39. The third kappa shape index (κ3) is 4.21. The van der Waals surface area contributed by atoms with E-state index in [0.29, 0.717) is 11.5 Å². The Kier molecular flexibility index (Phi) is 6.22. The fourth-order valence-corrected chi connectivity index (χ4v) is 4.31. The molecule has 1 N–H and O–H groups in total. The molecule has 0 saturated heterocycles. The van der Waals surface area contributed by atoms with Crippen molar-refractivity contribution in [1.82, 2.24) is 24.3 Å². The number of nitrogens with zero attached hydrogens (tertiary/aromatic N) is 5. The van der Waals surface area contributed by atoms with Crippen LogP contribution >= 0.6 is 0 Å². The van der Waals surface area contributed by atoms with Gasteiger partial charge in [0, 0.05) is 19.2 Å². The molecule has 0 atom stereocenters. The van der Waals surface area contributed by atoms with Gasteiger partial charge < -0.3 is 5.32 Å². The van der Waals surface area contributed by atoms with Crippen LogP contribution in [-0.4, -0.2) is 51.7 Å². The van der Waals surface area contributed by atoms with E-state index in [0.717, 1.165) is 18.2 Å². The van der Waals surface area contributed by atoms with Gasteiger partial charge in [0.15, 0.2) is 5.82 Å². The van der Waals surface area contributed by atoms with Gasteiger partial charge in [0.1, 0.15) is 11.6 Å². The number of hydrogen-bond acceptors (Lipinski definition) is 6. The van der Waals surface area contributed by atoms with Gasteiger partial charge in [-0.3, -0.25) is 4.79 Å². The maximum absolute atomic E-state index is 14.4. The second kappa shape index (κ2) is 8.67. The number of rotatable bonds is 7. The van der Waals surface area contributed by atoms with Gasteiger partial charge in [0.25, 0.3) is 5.91 Å². The van der Waals surface area contributed by atoms with Crippen molar-refractivity contribution >= 4 is 21.7 Å². The molecule has 0 saturated carbocycles. The van der Waals surface area contributed by atoms with E-state index >= 15 is 0 Å². The number of amides is 1. The van der Waals surface area contributed by atoms with Gasteiger partial charge in [0.05, 0.1) is 22.3 Å². The number of nitrogens with one attached hydrogen (secondary N) is 1. The monoisotopic (exact) mass is 432 g/mol. The maximum atomic E-state index is 14.4. The van der Waals surface area contributed by atoms with E-state index in [9.17, 15) is 17.6 Å². The molecular formula is C19H21FN6O3S. The molecule has 0 aliphatic rings. The normalized spacial score (nSPS) is 11.6. The molecule has 9 nitrogen and oxygen atoms in total. The zero-order valence-corrected chi connectivity index (χ0v) is 17.5. The largest absolute Gasteiger partial charge is 0.306 e. The van der Waals surface area contributed by atoms with Crippen molar-refractivity contribution in [3.8, 4) is 5.82 Å². The van der Waals surface area contributed by atoms with Crippen molar-refractivity contribution in [2.45, 2.75) is 25.7 Å². The average Bonchev–Trinajstić information content (AvgIpc) is 3.17. The molecule has 3 rings (SSSR count). The van der Waals surface area contributed by atoms with Gasteiger partial charge in [-0.25, -0.2) is 12.8 Å². The van der Waals surface area contributed by atoms with Crippen molar-refractivity contribution in [3.63, 3.8) is 0 Å². The van der Waals surface area contributed by atoms with Crippen molar-refractivity contribution in [2.24, 2.45) is 0 Å². The molecule has 0 unspecified atom stereocenters. The summed E-state index contributed by atoms with van der Waals surface area (Å²) >= 11 is 0. The molecule has 0 radical (unpaired) electrons. The standard InChI is InChI=1S/C19H21FN6O3S/c1-4-25(5-2)30(28,29)14-7-8-16(20)15(12-14)19(27)22-17-10-11-21-26(17)18-9-6-13(3)23-24-18/h6-12H,4-5H2,1-3H3,(H,22,27). The lowest BCUT2D eigenvalue weighted by Crippen LogP contribution is -2.31. The zero-order valence-electron chi connectivity index (χ0n) is 16.7. The number of hydrogen-bond donors (Lipinski definition) is 1. The third-order valence-corrected chi connectivity index (χ3v) is 6.46. The van der Waals surface area contributed by atoms with E-state index in [1.165, 1.54) is 21.3 Å². The van der Waals surface area contributed by atoms with Crippen LogP contribution in [0.25, 0.3) is 5.82 Å². The fourth-order valence-electron chi connectivity index (χ4n) is 2.82. The van der Waals surface area contributed by atoms with Gasteiger partial charge in [-0.1, -0.05) is 13.8 Å². The SMILES string of the molecule is CCN(CC)S(=O)(=O)c1ccc(F)c(C(=O)Nc2ccnn2-c2ccc(C)nn2)c1. The Labute approximate surface area is 173 Å². The van der Waals surface area contributed by atoms with Crippen molar-refractivity contribution < 1.29 is 17.6 Å². The Hall–Kier alpha value is -3.18. The second-order valence-electron chi connectivity index (χ2n) is 6.35. The van der Waals surface area contributed by atoms with Crippen LogP contribution in [0.4, 0.5) is 10.2 Å². The van der Waals surface area contributed by atoms with Crippen LogP contribution in [0.15, 0.2) is 47.5 Å². The predicted molar refractivity (Wildman–Crippen MR) is 108 cm³/mol. The van der Waals surface area contributed by atoms with Crippen LogP contribution in [-0.2, 0) is 10.0 Å². The van der Waals surface area contributed by atoms with Gasteiger partial charge >= 0.3 is 0 Å². The van der Waals surface area contributed by atoms with Crippen LogP contribution in [0.1, 0.15) is 29.9 Å². The lowest BCUT2D eigenvalue weighted by atomic mass is 10.2. The first-order chi connectivity index (χ1) is 14.3. The molecule has 158 valence electrons. The summed E-state index contributed by atoms with van der Waals surface area (Å²) in [6.07, 6.45) is 1.44. The fraction of sp³-hybridized carbons (Fsp3) is 0.263. The highest BCUT2D eigenvalue weighted by molar-refractivity contribution is 7.89. The van der Waals surface area contributed by atoms with Gasteiger partial charge in [-0.05, 0) is 37.3 Å². The molecule has 3 aromatic rings. The van der Waals surface area contributed by atoms with Crippen LogP contribution < -0.4 is 5.32 Å². The minimum Gasteiger partial charge on any atom is -0.306 e. The summed E-state index contributed by atoms with van der Waals surface area (Å²) in [6.45, 7) is 5.70. The molecule has 0 bridgehead atoms. The highest BCUT2D eigenvalue weighted by Gasteiger charge is 2.24. The van der Waals surface area contributed by atoms with Gasteiger partial charge in [-0.15, -0.1) is 5.10 Å². The first-order valence-corrected chi connectivity index (χ1v) is 10.7. The summed E-state index contributed by atoms with van der Waals surface area (Å²) in [6, 6.07) is 8.05. The van der Waals surface area contributed by atoms with Crippen molar-refractivity contribution in [1.29, 1.82) is 0 Å². The number of aromatic nitrogens is 4. The Bertz CT molecular complexity index is 1160. The quantitative estimate of drug-likeness (QED) is 0.614. The molecule has 2 aromatic heterocycles. The third-order valence-electron chi connectivity index (χ3n) is 4.41.